The number of hydrogen-bond donors (Lipinski definition) is 2. The summed E-state index contributed by atoms with van der Waals surface area (Å²) in [7, 11) is 0. The Morgan fingerprint density at radius 3 is 3.09 bits per heavy atom. The monoisotopic (exact) mass is 336 g/mol. The summed E-state index contributed by atoms with van der Waals surface area (Å²) in [6.07, 6.45) is 3.13. The van der Waals surface area contributed by atoms with Crippen LogP contribution in [0, 0.1) is 0 Å². The zero-order chi connectivity index (χ0) is 16.2. The smallest absolute Gasteiger partial charge is 0.355 e. The maximum absolute atomic E-state index is 12.4. The summed E-state index contributed by atoms with van der Waals surface area (Å²) in [4.78, 5) is 27.2. The van der Waals surface area contributed by atoms with Crippen LogP contribution in [0.2, 0.25) is 0 Å². The number of tetrazole rings is 1. The summed E-state index contributed by atoms with van der Waals surface area (Å²) in [5, 5.41) is 25.4. The van der Waals surface area contributed by atoms with E-state index in [1.54, 1.807) is 4.68 Å². The van der Waals surface area contributed by atoms with Crippen LogP contribution < -0.4 is 5.32 Å². The van der Waals surface area contributed by atoms with Gasteiger partial charge in [0.2, 0.25) is 5.91 Å². The second kappa shape index (κ2) is 6.82. The largest absolute Gasteiger partial charge is 0.476 e. The highest BCUT2D eigenvalue weighted by molar-refractivity contribution is 7.09. The number of aromatic carboxylic acids is 1. The Bertz CT molecular complexity index is 712. The fourth-order valence-electron chi connectivity index (χ4n) is 2.55. The molecule has 1 aliphatic rings. The van der Waals surface area contributed by atoms with Crippen LogP contribution in [0.25, 0.3) is 0 Å². The molecule has 2 aromatic rings. The second-order valence-corrected chi connectivity index (χ2v) is 6.22. The molecular formula is C13H16N6O3S. The molecule has 3 rings (SSSR count). The summed E-state index contributed by atoms with van der Waals surface area (Å²) in [5.41, 5.74) is 0.0410. The van der Waals surface area contributed by atoms with Crippen molar-refractivity contribution in [3.8, 4) is 0 Å². The minimum absolute atomic E-state index is 0.0410. The number of aromatic nitrogens is 5. The average molecular weight is 336 g/mol. The molecule has 0 radical (unpaired) electrons. The summed E-state index contributed by atoms with van der Waals surface area (Å²) >= 11 is 1.28. The molecular weight excluding hydrogens is 320 g/mol. The Kier molecular flexibility index (Phi) is 4.60. The lowest BCUT2D eigenvalue weighted by Gasteiger charge is -2.12. The van der Waals surface area contributed by atoms with E-state index < -0.39 is 5.97 Å². The number of carbonyl (C=O) groups excluding carboxylic acids is 1. The van der Waals surface area contributed by atoms with E-state index in [9.17, 15) is 9.59 Å². The van der Waals surface area contributed by atoms with Crippen molar-refractivity contribution in [3.05, 3.63) is 21.9 Å². The van der Waals surface area contributed by atoms with Crippen molar-refractivity contribution in [3.63, 3.8) is 0 Å². The van der Waals surface area contributed by atoms with Gasteiger partial charge in [0.15, 0.2) is 11.5 Å². The number of hydrogen-bond acceptors (Lipinski definition) is 7. The predicted molar refractivity (Wildman–Crippen MR) is 80.2 cm³/mol. The Labute approximate surface area is 135 Å². The van der Waals surface area contributed by atoms with Gasteiger partial charge in [0.05, 0.1) is 10.9 Å². The second-order valence-electron chi connectivity index (χ2n) is 5.28. The third-order valence-electron chi connectivity index (χ3n) is 3.71. The fourth-order valence-corrected chi connectivity index (χ4v) is 3.32. The number of carboxylic acids is 1. The van der Waals surface area contributed by atoms with Gasteiger partial charge in [0, 0.05) is 24.9 Å². The third kappa shape index (κ3) is 3.52. The van der Waals surface area contributed by atoms with Crippen molar-refractivity contribution in [1.82, 2.24) is 30.5 Å². The fraction of sp³-hybridized carbons (Fsp3) is 0.538. The molecule has 0 aliphatic carbocycles. The average Bonchev–Trinajstić information content (AvgIpc) is 3.13. The van der Waals surface area contributed by atoms with Crippen molar-refractivity contribution in [2.24, 2.45) is 0 Å². The number of fused-ring (bicyclic) bond motifs is 1. The summed E-state index contributed by atoms with van der Waals surface area (Å²) < 4.78 is 1.69. The van der Waals surface area contributed by atoms with Crippen LogP contribution in [-0.2, 0) is 17.8 Å². The highest BCUT2D eigenvalue weighted by Gasteiger charge is 2.28. The van der Waals surface area contributed by atoms with Crippen LogP contribution in [0.5, 0.6) is 0 Å². The van der Waals surface area contributed by atoms with Crippen LogP contribution in [-0.4, -0.2) is 48.7 Å². The maximum atomic E-state index is 12.4. The summed E-state index contributed by atoms with van der Waals surface area (Å²) in [6, 6.07) is 0. The molecule has 1 atom stereocenters. The van der Waals surface area contributed by atoms with Gasteiger partial charge < -0.3 is 10.4 Å². The standard InChI is InChI=1S/C13H16N6O3S/c20-12(8-3-1-2-6-19-11(8)16-17-18-19)14-5-4-10-15-9(7-23-10)13(21)22/h7-8H,1-6H2,(H,14,20)(H,21,22)/t8-/m0/s1. The Morgan fingerprint density at radius 1 is 1.43 bits per heavy atom. The molecule has 0 fully saturated rings. The highest BCUT2D eigenvalue weighted by Crippen LogP contribution is 2.23. The quantitative estimate of drug-likeness (QED) is 0.812. The number of carbonyl (C=O) groups is 2. The van der Waals surface area contributed by atoms with Crippen LogP contribution in [0.4, 0.5) is 0 Å². The molecule has 0 aromatic carbocycles. The number of carboxylic acid groups (broad SMARTS) is 1. The van der Waals surface area contributed by atoms with Crippen molar-refractivity contribution >= 4 is 23.2 Å². The lowest BCUT2D eigenvalue weighted by Crippen LogP contribution is -2.32. The van der Waals surface area contributed by atoms with Gasteiger partial charge >= 0.3 is 5.97 Å². The van der Waals surface area contributed by atoms with Crippen molar-refractivity contribution in [2.75, 3.05) is 6.54 Å². The van der Waals surface area contributed by atoms with Gasteiger partial charge in [-0.05, 0) is 23.3 Å². The van der Waals surface area contributed by atoms with E-state index in [0.29, 0.717) is 23.8 Å². The van der Waals surface area contributed by atoms with Gasteiger partial charge in [0.1, 0.15) is 0 Å². The minimum Gasteiger partial charge on any atom is -0.476 e. The Hall–Kier alpha value is -2.36. The molecule has 1 aliphatic heterocycles. The lowest BCUT2D eigenvalue weighted by atomic mass is 10.0. The summed E-state index contributed by atoms with van der Waals surface area (Å²) in [5.74, 6) is -0.861. The molecule has 122 valence electrons. The van der Waals surface area contributed by atoms with E-state index in [4.69, 9.17) is 5.11 Å². The molecule has 10 heteroatoms. The van der Waals surface area contributed by atoms with Crippen LogP contribution in [0.1, 0.15) is 46.5 Å². The topological polar surface area (TPSA) is 123 Å². The first-order valence-electron chi connectivity index (χ1n) is 7.36. The molecule has 2 aromatic heterocycles. The van der Waals surface area contributed by atoms with Gasteiger partial charge in [-0.3, -0.25) is 4.79 Å². The van der Waals surface area contributed by atoms with E-state index >= 15 is 0 Å². The van der Waals surface area contributed by atoms with E-state index in [-0.39, 0.29) is 17.5 Å². The van der Waals surface area contributed by atoms with E-state index in [2.05, 4.69) is 25.8 Å². The first kappa shape index (κ1) is 15.5. The van der Waals surface area contributed by atoms with Gasteiger partial charge in [-0.25, -0.2) is 14.5 Å². The predicted octanol–water partition coefficient (Wildman–Crippen LogP) is 0.454. The number of thiazole rings is 1. The molecule has 9 nitrogen and oxygen atoms in total. The van der Waals surface area contributed by atoms with Gasteiger partial charge in [-0.1, -0.05) is 6.42 Å². The minimum atomic E-state index is -1.04. The maximum Gasteiger partial charge on any atom is 0.355 e. The van der Waals surface area contributed by atoms with Crippen molar-refractivity contribution < 1.29 is 14.7 Å². The molecule has 0 bridgehead atoms. The van der Waals surface area contributed by atoms with Crippen molar-refractivity contribution in [1.29, 1.82) is 0 Å². The van der Waals surface area contributed by atoms with E-state index in [0.717, 1.165) is 25.8 Å². The summed E-state index contributed by atoms with van der Waals surface area (Å²) in [6.45, 7) is 1.15. The first-order valence-corrected chi connectivity index (χ1v) is 8.24. The number of amides is 1. The van der Waals surface area contributed by atoms with Crippen LogP contribution in [0.15, 0.2) is 5.38 Å². The number of nitrogens with zero attached hydrogens (tertiary/aromatic N) is 5. The zero-order valence-electron chi connectivity index (χ0n) is 12.3. The van der Waals surface area contributed by atoms with Gasteiger partial charge in [-0.2, -0.15) is 0 Å². The van der Waals surface area contributed by atoms with E-state index in [1.807, 2.05) is 0 Å². The molecule has 2 N–H and O–H groups in total. The van der Waals surface area contributed by atoms with Crippen molar-refractivity contribution in [2.45, 2.75) is 38.1 Å². The normalized spacial score (nSPS) is 17.3. The highest BCUT2D eigenvalue weighted by atomic mass is 32.1. The Balaban J connectivity index is 1.56. The third-order valence-corrected chi connectivity index (χ3v) is 4.62. The van der Waals surface area contributed by atoms with Gasteiger partial charge in [-0.15, -0.1) is 16.4 Å². The van der Waals surface area contributed by atoms with E-state index in [1.165, 1.54) is 16.7 Å². The molecule has 3 heterocycles. The van der Waals surface area contributed by atoms with Crippen LogP contribution in [0.3, 0.4) is 0 Å². The SMILES string of the molecule is O=C(O)c1csc(CCNC(=O)[C@H]2CCCCn3nnnc32)n1. The number of nitrogens with one attached hydrogen (secondary N) is 1. The zero-order valence-corrected chi connectivity index (χ0v) is 13.1. The number of aryl methyl sites for hydroxylation is 1. The molecule has 0 spiro atoms. The molecule has 0 saturated heterocycles. The molecule has 1 amide bonds. The first-order chi connectivity index (χ1) is 11.1. The lowest BCUT2D eigenvalue weighted by molar-refractivity contribution is -0.122. The molecule has 0 saturated carbocycles. The molecule has 23 heavy (non-hydrogen) atoms. The Morgan fingerprint density at radius 2 is 2.30 bits per heavy atom. The molecule has 0 unspecified atom stereocenters. The van der Waals surface area contributed by atoms with Crippen LogP contribution >= 0.6 is 11.3 Å². The number of rotatable bonds is 5. The van der Waals surface area contributed by atoms with Gasteiger partial charge in [0.25, 0.3) is 0 Å².